The Labute approximate surface area is 183 Å². The van der Waals surface area contributed by atoms with Crippen molar-refractivity contribution in [3.05, 3.63) is 102 Å². The van der Waals surface area contributed by atoms with Crippen molar-refractivity contribution in [1.29, 1.82) is 5.41 Å². The smallest absolute Gasteiger partial charge is 0.223 e. The molecule has 0 saturated carbocycles. The first kappa shape index (κ1) is 22.2. The summed E-state index contributed by atoms with van der Waals surface area (Å²) in [7, 11) is 0. The van der Waals surface area contributed by atoms with Gasteiger partial charge in [-0.15, -0.1) is 0 Å². The van der Waals surface area contributed by atoms with E-state index in [1.807, 2.05) is 65.7 Å². The lowest BCUT2D eigenvalue weighted by atomic mass is 9.98. The van der Waals surface area contributed by atoms with Crippen LogP contribution in [0.5, 0.6) is 0 Å². The molecule has 6 N–H and O–H groups in total. The Kier molecular flexibility index (Phi) is 7.92. The van der Waals surface area contributed by atoms with Crippen molar-refractivity contribution in [3.8, 4) is 0 Å². The Morgan fingerprint density at radius 1 is 0.903 bits per heavy atom. The van der Waals surface area contributed by atoms with Crippen LogP contribution in [0.3, 0.4) is 0 Å². The highest BCUT2D eigenvalue weighted by Gasteiger charge is 2.19. The Bertz CT molecular complexity index is 952. The summed E-state index contributed by atoms with van der Waals surface area (Å²) in [5, 5.41) is 13.4. The van der Waals surface area contributed by atoms with Crippen LogP contribution in [0.1, 0.15) is 35.6 Å². The van der Waals surface area contributed by atoms with Crippen molar-refractivity contribution in [3.63, 3.8) is 0 Å². The molecule has 160 valence electrons. The van der Waals surface area contributed by atoms with Crippen molar-refractivity contribution in [2.24, 2.45) is 11.6 Å². The topological polar surface area (TPSA) is 108 Å². The first-order valence-electron chi connectivity index (χ1n) is 10.4. The van der Waals surface area contributed by atoms with Crippen LogP contribution in [0, 0.1) is 5.41 Å². The Hall–Kier alpha value is -3.48. The maximum atomic E-state index is 11.2. The zero-order valence-electron chi connectivity index (χ0n) is 17.5. The molecule has 6 heteroatoms. The van der Waals surface area contributed by atoms with E-state index in [0.29, 0.717) is 18.7 Å². The molecule has 0 spiro atoms. The van der Waals surface area contributed by atoms with Gasteiger partial charge in [0.25, 0.3) is 0 Å². The molecule has 0 aliphatic rings. The number of rotatable bonds is 11. The second kappa shape index (κ2) is 11.1. The summed E-state index contributed by atoms with van der Waals surface area (Å²) < 4.78 is 0. The molecule has 0 fully saturated rings. The number of carbonyl (C=O) groups is 1. The normalized spacial score (nSPS) is 10.9. The van der Waals surface area contributed by atoms with Crippen LogP contribution >= 0.6 is 0 Å². The summed E-state index contributed by atoms with van der Waals surface area (Å²) in [5.41, 5.74) is 9.26. The minimum atomic E-state index is -0.508. The Morgan fingerprint density at radius 3 is 2.03 bits per heavy atom. The molecular weight excluding hydrogens is 386 g/mol. The van der Waals surface area contributed by atoms with Crippen LogP contribution in [0.2, 0.25) is 0 Å². The van der Waals surface area contributed by atoms with Gasteiger partial charge in [0.05, 0.1) is 12.5 Å². The summed E-state index contributed by atoms with van der Waals surface area (Å²) in [4.78, 5) is 11.2. The maximum absolute atomic E-state index is 11.2. The lowest BCUT2D eigenvalue weighted by Crippen LogP contribution is -2.37. The maximum Gasteiger partial charge on any atom is 0.223 e. The van der Waals surface area contributed by atoms with Gasteiger partial charge in [-0.2, -0.15) is 0 Å². The molecule has 3 aromatic carbocycles. The second-order valence-corrected chi connectivity index (χ2v) is 7.41. The van der Waals surface area contributed by atoms with Gasteiger partial charge in [-0.1, -0.05) is 78.9 Å². The molecule has 3 rings (SSSR count). The van der Waals surface area contributed by atoms with E-state index in [0.717, 1.165) is 23.2 Å². The Morgan fingerprint density at radius 2 is 1.45 bits per heavy atom. The van der Waals surface area contributed by atoms with Crippen LogP contribution in [-0.2, 0) is 4.79 Å². The summed E-state index contributed by atoms with van der Waals surface area (Å²) in [5.74, 6) is 6.01. The first-order chi connectivity index (χ1) is 15.1. The lowest BCUT2D eigenvalue weighted by molar-refractivity contribution is -0.116. The number of carbonyl (C=O) groups excluding carboxylic acids is 1. The van der Waals surface area contributed by atoms with Crippen LogP contribution in [0.25, 0.3) is 0 Å². The zero-order chi connectivity index (χ0) is 22.1. The molecule has 3 aromatic rings. The molecule has 0 aliphatic carbocycles. The molecule has 31 heavy (non-hydrogen) atoms. The minimum absolute atomic E-state index is 0.0292. The molecule has 6 nitrogen and oxygen atoms in total. The number of nitrogens with zero attached hydrogens (tertiary/aromatic N) is 1. The van der Waals surface area contributed by atoms with Crippen molar-refractivity contribution in [2.45, 2.75) is 18.9 Å². The third kappa shape index (κ3) is 6.25. The molecule has 0 radical (unpaired) electrons. The number of amides is 1. The van der Waals surface area contributed by atoms with E-state index in [4.69, 9.17) is 17.0 Å². The van der Waals surface area contributed by atoms with Crippen LogP contribution in [0.4, 0.5) is 5.69 Å². The van der Waals surface area contributed by atoms with Crippen molar-refractivity contribution in [2.75, 3.05) is 18.4 Å². The van der Waals surface area contributed by atoms with E-state index in [1.54, 1.807) is 0 Å². The quantitative estimate of drug-likeness (QED) is 0.166. The highest BCUT2D eigenvalue weighted by Crippen LogP contribution is 2.26. The van der Waals surface area contributed by atoms with Crippen molar-refractivity contribution < 1.29 is 4.79 Å². The fourth-order valence-electron chi connectivity index (χ4n) is 3.63. The van der Waals surface area contributed by atoms with Crippen molar-refractivity contribution in [1.82, 2.24) is 5.01 Å². The van der Waals surface area contributed by atoms with E-state index >= 15 is 0 Å². The van der Waals surface area contributed by atoms with Crippen LogP contribution < -0.4 is 16.9 Å². The van der Waals surface area contributed by atoms with E-state index in [1.165, 1.54) is 0 Å². The molecular formula is C25H29N5O. The van der Waals surface area contributed by atoms with Crippen molar-refractivity contribution >= 4 is 17.3 Å². The molecule has 0 aliphatic heterocycles. The van der Waals surface area contributed by atoms with Gasteiger partial charge in [-0.25, -0.2) is 5.01 Å². The second-order valence-electron chi connectivity index (χ2n) is 7.41. The molecule has 0 atom stereocenters. The monoisotopic (exact) mass is 415 g/mol. The largest absolute Gasteiger partial charge is 0.384 e. The number of primary amides is 1. The molecule has 1 amide bonds. The average molecular weight is 416 g/mol. The van der Waals surface area contributed by atoms with Gasteiger partial charge in [0.2, 0.25) is 5.91 Å². The van der Waals surface area contributed by atoms with E-state index in [2.05, 4.69) is 29.6 Å². The van der Waals surface area contributed by atoms with Gasteiger partial charge in [0.1, 0.15) is 0 Å². The van der Waals surface area contributed by atoms with Gasteiger partial charge in [-0.05, 0) is 23.6 Å². The third-order valence-electron chi connectivity index (χ3n) is 5.07. The number of para-hydroxylation sites is 1. The molecule has 0 saturated heterocycles. The lowest BCUT2D eigenvalue weighted by Gasteiger charge is -2.28. The first-order valence-corrected chi connectivity index (χ1v) is 10.4. The van der Waals surface area contributed by atoms with E-state index in [-0.39, 0.29) is 18.2 Å². The summed E-state index contributed by atoms with van der Waals surface area (Å²) >= 11 is 0. The minimum Gasteiger partial charge on any atom is -0.384 e. The predicted octanol–water partition coefficient (Wildman–Crippen LogP) is 3.70. The zero-order valence-corrected chi connectivity index (χ0v) is 17.5. The highest BCUT2D eigenvalue weighted by atomic mass is 16.1. The number of nitrogens with two attached hydrogens (primary N) is 2. The number of hydrogen-bond acceptors (Lipinski definition) is 5. The van der Waals surface area contributed by atoms with Gasteiger partial charge in [0, 0.05) is 30.1 Å². The SMILES string of the molecule is N=C(CC(N)=O)c1ccccc1NCCCN(N)C(c1ccccc1)c1ccccc1. The van der Waals surface area contributed by atoms with Gasteiger partial charge in [0.15, 0.2) is 0 Å². The number of hydrogen-bond donors (Lipinski definition) is 4. The molecule has 0 unspecified atom stereocenters. The van der Waals surface area contributed by atoms with E-state index in [9.17, 15) is 4.79 Å². The standard InChI is InChI=1S/C25H29N5O/c26-22(18-24(27)31)21-14-7-8-15-23(21)29-16-9-17-30(28)25(19-10-3-1-4-11-19)20-12-5-2-6-13-20/h1-8,10-15,25-26,29H,9,16-18,28H2,(H2,27,31). The fraction of sp³-hybridized carbons (Fsp3) is 0.200. The fourth-order valence-corrected chi connectivity index (χ4v) is 3.63. The van der Waals surface area contributed by atoms with E-state index < -0.39 is 5.91 Å². The number of benzene rings is 3. The van der Waals surface area contributed by atoms with Crippen LogP contribution in [-0.4, -0.2) is 29.7 Å². The predicted molar refractivity (Wildman–Crippen MR) is 126 cm³/mol. The van der Waals surface area contributed by atoms with Gasteiger partial charge in [-0.3, -0.25) is 10.6 Å². The third-order valence-corrected chi connectivity index (χ3v) is 5.07. The summed E-state index contributed by atoms with van der Waals surface area (Å²) in [6.07, 6.45) is 0.731. The van der Waals surface area contributed by atoms with Gasteiger partial charge < -0.3 is 16.5 Å². The average Bonchev–Trinajstić information content (AvgIpc) is 2.78. The summed E-state index contributed by atoms with van der Waals surface area (Å²) in [6, 6.07) is 27.9. The highest BCUT2D eigenvalue weighted by molar-refractivity contribution is 6.11. The Balaban J connectivity index is 1.62. The molecule has 0 heterocycles. The molecule has 0 bridgehead atoms. The van der Waals surface area contributed by atoms with Gasteiger partial charge >= 0.3 is 0 Å². The number of hydrazine groups is 1. The van der Waals surface area contributed by atoms with Crippen LogP contribution in [0.15, 0.2) is 84.9 Å². The number of anilines is 1. The number of nitrogens with one attached hydrogen (secondary N) is 2. The molecule has 0 aromatic heterocycles. The summed E-state index contributed by atoms with van der Waals surface area (Å²) in [6.45, 7) is 1.37.